The van der Waals surface area contributed by atoms with Crippen molar-refractivity contribution in [2.45, 2.75) is 0 Å². The average Bonchev–Trinajstić information content (AvgIpc) is 0. The van der Waals surface area contributed by atoms with Crippen molar-refractivity contribution in [1.29, 1.82) is 0 Å². The minimum atomic E-state index is 0. The molecule has 0 bridgehead atoms. The van der Waals surface area contributed by atoms with Gasteiger partial charge in [-0.25, -0.2) is 0 Å². The van der Waals surface area contributed by atoms with Gasteiger partial charge >= 0.3 is 0 Å². The zero-order chi connectivity index (χ0) is 0. The molecule has 80 N–H and O–H groups in total. The van der Waals surface area contributed by atoms with E-state index < -0.39 is 0 Å². The minimum Gasteiger partial charge on any atom is -0.412 e. The fourth-order valence-corrected chi connectivity index (χ4v) is 0. The van der Waals surface area contributed by atoms with E-state index in [-0.39, 0.29) is 489 Å². The molecule has 0 atom stereocenters. The van der Waals surface area contributed by atoms with Crippen molar-refractivity contribution in [2.24, 2.45) is 0 Å². The summed E-state index contributed by atoms with van der Waals surface area (Å²) in [6.07, 6.45) is 0. The molecule has 0 aliphatic heterocycles. The third kappa shape index (κ3) is 3730. The third-order valence-electron chi connectivity index (χ3n) is 0. The molecule has 53 heavy (non-hydrogen) atoms. The van der Waals surface area contributed by atoms with Crippen LogP contribution in [0.15, 0.2) is 0 Å². The molecule has 0 heterocycles. The van der Waals surface area contributed by atoms with Gasteiger partial charge in [-0.3, -0.25) is 0 Å². The van der Waals surface area contributed by atoms with Crippen molar-refractivity contribution in [3.05, 3.63) is 0 Å². The molecule has 0 aliphatic rings. The van der Waals surface area contributed by atoms with Crippen molar-refractivity contribution < 1.29 is 472 Å². The van der Waals surface area contributed by atoms with Crippen molar-refractivity contribution in [3.8, 4) is 0 Å². The Kier molecular flexibility index (Phi) is 297000. The molecular weight excluding hydrogens is 1860 g/mol. The smallest absolute Gasteiger partial charge is 0 e. The fourth-order valence-electron chi connectivity index (χ4n) is 0. The second kappa shape index (κ2) is 3870. The molecule has 0 aromatic carbocycles. The van der Waals surface area contributed by atoms with Gasteiger partial charge in [0, 0.05) is 270 Å². The van der Waals surface area contributed by atoms with E-state index in [1.807, 2.05) is 0 Å². The van der Waals surface area contributed by atoms with Crippen molar-refractivity contribution in [2.75, 3.05) is 0 Å². The van der Waals surface area contributed by atoms with E-state index in [4.69, 9.17) is 0 Å². The topological polar surface area (TPSA) is 1260 Å². The first kappa shape index (κ1) is 4070. The molecule has 396 valence electrons. The predicted molar refractivity (Wildman–Crippen MR) is 150 cm³/mol. The molecule has 40 nitrogen and oxygen atoms in total. The molecule has 0 aromatic heterocycles. The summed E-state index contributed by atoms with van der Waals surface area (Å²) in [6.45, 7) is 0. The molecule has 0 rings (SSSR count). The van der Waals surface area contributed by atoms with Gasteiger partial charge in [0.1, 0.15) is 0 Å². The standard InChI is InChI=1S/Ge.12Mo.40H2O/h;;;;;;;;;;;;;40*1H2. The van der Waals surface area contributed by atoms with E-state index in [2.05, 4.69) is 0 Å². The van der Waals surface area contributed by atoms with Gasteiger partial charge in [0.2, 0.25) is 0 Å². The zero-order valence-corrected chi connectivity index (χ0v) is 51.6. The van der Waals surface area contributed by atoms with Crippen LogP contribution in [-0.4, -0.2) is 237 Å². The number of hydrogen-bond acceptors (Lipinski definition) is 0. The second-order valence-corrected chi connectivity index (χ2v) is 0. The Balaban J connectivity index is 0. The summed E-state index contributed by atoms with van der Waals surface area (Å²) in [7, 11) is 0. The summed E-state index contributed by atoms with van der Waals surface area (Å²) in [5.41, 5.74) is 0. The molecule has 4 radical (unpaired) electrons. The van der Waals surface area contributed by atoms with E-state index in [0.717, 1.165) is 0 Å². The quantitative estimate of drug-likeness (QED) is 0.204. The maximum atomic E-state index is 0. The summed E-state index contributed by atoms with van der Waals surface area (Å²) in [4.78, 5) is 0. The number of hydrogen-bond donors (Lipinski definition) is 0. The molecule has 0 saturated carbocycles. The summed E-state index contributed by atoms with van der Waals surface area (Å²) >= 11 is 0. The molecule has 0 aliphatic carbocycles. The van der Waals surface area contributed by atoms with Gasteiger partial charge in [-0.1, -0.05) is 0 Å². The normalized spacial score (nSPS) is 0. The van der Waals surface area contributed by atoms with Gasteiger partial charge in [-0.05, 0) is 0 Å². The van der Waals surface area contributed by atoms with Gasteiger partial charge in [-0.15, -0.1) is 0 Å². The van der Waals surface area contributed by atoms with E-state index in [9.17, 15) is 0 Å². The molecule has 0 aromatic rings. The second-order valence-electron chi connectivity index (χ2n) is 0. The van der Waals surface area contributed by atoms with Gasteiger partial charge < -0.3 is 219 Å². The largest absolute Gasteiger partial charge is 0.412 e. The molecular formula is H80GeMo12O40. The van der Waals surface area contributed by atoms with E-state index in [1.54, 1.807) is 0 Å². The van der Waals surface area contributed by atoms with Gasteiger partial charge in [0.05, 0.1) is 0 Å². The third-order valence-corrected chi connectivity index (χ3v) is 0. The monoisotopic (exact) mass is 1970 g/mol. The van der Waals surface area contributed by atoms with Crippen molar-refractivity contribution in [3.63, 3.8) is 0 Å². The Labute approximate surface area is 482 Å². The Hall–Kier alpha value is 7.20. The van der Waals surface area contributed by atoms with Gasteiger partial charge in [0.15, 0.2) is 0 Å². The molecule has 0 fully saturated rings. The Morgan fingerprint density at radius 2 is 0.0566 bits per heavy atom. The zero-order valence-electron chi connectivity index (χ0n) is 25.4. The van der Waals surface area contributed by atoms with Gasteiger partial charge in [-0.2, -0.15) is 0 Å². The van der Waals surface area contributed by atoms with Crippen LogP contribution in [0.5, 0.6) is 0 Å². The SMILES string of the molecule is O.O.O.O.O.O.O.O.O.O.O.O.O.O.O.O.O.O.O.O.O.O.O.O.O.O.O.O.O.O.O.O.O.O.O.O.O.O.O.O.[Ge].[Mo].[Mo].[Mo].[Mo].[Mo].[Mo].[Mo].[Mo].[Mo].[Mo].[Mo].[Mo]. The van der Waals surface area contributed by atoms with E-state index in [1.165, 1.54) is 0 Å². The van der Waals surface area contributed by atoms with E-state index in [0.29, 0.717) is 0 Å². The summed E-state index contributed by atoms with van der Waals surface area (Å²) < 4.78 is 0. The average molecular weight is 1940 g/mol. The first-order valence-corrected chi connectivity index (χ1v) is 0. The van der Waals surface area contributed by atoms with Crippen LogP contribution in [-0.2, 0) is 253 Å². The van der Waals surface area contributed by atoms with Crippen LogP contribution in [0.25, 0.3) is 0 Å². The van der Waals surface area contributed by atoms with Crippen LogP contribution in [0.1, 0.15) is 0 Å². The van der Waals surface area contributed by atoms with Gasteiger partial charge in [0.25, 0.3) is 0 Å². The van der Waals surface area contributed by atoms with Crippen molar-refractivity contribution >= 4 is 17.6 Å². The molecule has 53 heteroatoms. The first-order valence-electron chi connectivity index (χ1n) is 0. The molecule has 0 saturated heterocycles. The molecule has 0 unspecified atom stereocenters. The fraction of sp³-hybridized carbons (Fsp3) is 0. The van der Waals surface area contributed by atoms with E-state index >= 15 is 0 Å². The Bertz CT molecular complexity index is 47.7. The van der Waals surface area contributed by atoms with Crippen LogP contribution in [0, 0.1) is 0 Å². The van der Waals surface area contributed by atoms with Crippen LogP contribution < -0.4 is 0 Å². The van der Waals surface area contributed by atoms with Crippen LogP contribution in [0.2, 0.25) is 0 Å². The summed E-state index contributed by atoms with van der Waals surface area (Å²) in [5, 5.41) is 0. The number of rotatable bonds is 0. The van der Waals surface area contributed by atoms with Crippen LogP contribution >= 0.6 is 0 Å². The predicted octanol–water partition coefficient (Wildman–Crippen LogP) is -33.4. The van der Waals surface area contributed by atoms with Crippen molar-refractivity contribution in [1.82, 2.24) is 0 Å². The maximum Gasteiger partial charge on any atom is 0 e. The minimum absolute atomic E-state index is 0. The van der Waals surface area contributed by atoms with Crippen LogP contribution in [0.3, 0.4) is 0 Å². The first-order chi connectivity index (χ1) is 0. The Morgan fingerprint density at radius 1 is 0.0566 bits per heavy atom. The Morgan fingerprint density at radius 3 is 0.0566 bits per heavy atom. The summed E-state index contributed by atoms with van der Waals surface area (Å²) in [5.74, 6) is 0. The van der Waals surface area contributed by atoms with Crippen LogP contribution in [0.4, 0.5) is 0 Å². The molecule has 0 spiro atoms. The maximum absolute atomic E-state index is 0. The molecule has 0 amide bonds. The summed E-state index contributed by atoms with van der Waals surface area (Å²) in [6, 6.07) is 0.